The molecule has 3 nitrogen and oxygen atoms in total. The lowest BCUT2D eigenvalue weighted by atomic mass is 10.1. The molecule has 1 unspecified atom stereocenters. The topological polar surface area (TPSA) is 40.7 Å². The van der Waals surface area contributed by atoms with E-state index in [4.69, 9.17) is 0 Å². The van der Waals surface area contributed by atoms with Gasteiger partial charge in [0, 0.05) is 11.7 Å². The number of H-pyrrole nitrogens is 1. The van der Waals surface area contributed by atoms with E-state index < -0.39 is 0 Å². The first kappa shape index (κ1) is 13.6. The highest BCUT2D eigenvalue weighted by atomic mass is 19.1. The van der Waals surface area contributed by atoms with Gasteiger partial charge in [0.25, 0.3) is 0 Å². The Morgan fingerprint density at radius 3 is 2.71 bits per heavy atom. The van der Waals surface area contributed by atoms with E-state index in [0.717, 1.165) is 34.5 Å². The number of anilines is 1. The smallest absolute Gasteiger partial charge is 0.123 e. The standard InChI is InChI=1S/C17H18FN3/c1-11(9-13-3-5-14(18)6-4-13)19-15-7-8-16-17(10-15)21-12(2)20-16/h3-8,10-11,19H,9H2,1-2H3,(H,20,21). The van der Waals surface area contributed by atoms with Crippen LogP contribution < -0.4 is 5.32 Å². The van der Waals surface area contributed by atoms with Gasteiger partial charge in [-0.2, -0.15) is 0 Å². The molecule has 0 amide bonds. The maximum absolute atomic E-state index is 12.9. The van der Waals surface area contributed by atoms with E-state index in [1.165, 1.54) is 12.1 Å². The van der Waals surface area contributed by atoms with Gasteiger partial charge in [0.1, 0.15) is 11.6 Å². The molecule has 0 saturated carbocycles. The summed E-state index contributed by atoms with van der Waals surface area (Å²) in [7, 11) is 0. The van der Waals surface area contributed by atoms with E-state index in [0.29, 0.717) is 0 Å². The van der Waals surface area contributed by atoms with Crippen molar-refractivity contribution in [3.8, 4) is 0 Å². The fourth-order valence-electron chi connectivity index (χ4n) is 2.54. The van der Waals surface area contributed by atoms with Gasteiger partial charge < -0.3 is 10.3 Å². The van der Waals surface area contributed by atoms with Crippen LogP contribution in [-0.4, -0.2) is 16.0 Å². The Balaban J connectivity index is 1.70. The van der Waals surface area contributed by atoms with Crippen LogP contribution in [0.2, 0.25) is 0 Å². The van der Waals surface area contributed by atoms with Crippen molar-refractivity contribution >= 4 is 16.7 Å². The van der Waals surface area contributed by atoms with Crippen molar-refractivity contribution in [2.75, 3.05) is 5.32 Å². The van der Waals surface area contributed by atoms with Crippen LogP contribution in [-0.2, 0) is 6.42 Å². The summed E-state index contributed by atoms with van der Waals surface area (Å²) in [5.41, 5.74) is 4.19. The predicted molar refractivity (Wildman–Crippen MR) is 84.0 cm³/mol. The van der Waals surface area contributed by atoms with Crippen LogP contribution in [0.5, 0.6) is 0 Å². The van der Waals surface area contributed by atoms with Crippen LogP contribution >= 0.6 is 0 Å². The van der Waals surface area contributed by atoms with Crippen molar-refractivity contribution in [2.45, 2.75) is 26.3 Å². The normalized spacial score (nSPS) is 12.5. The zero-order valence-electron chi connectivity index (χ0n) is 12.2. The van der Waals surface area contributed by atoms with Crippen molar-refractivity contribution in [1.29, 1.82) is 0 Å². The van der Waals surface area contributed by atoms with Crippen LogP contribution in [0.25, 0.3) is 11.0 Å². The number of nitrogens with zero attached hydrogens (tertiary/aromatic N) is 1. The fourth-order valence-corrected chi connectivity index (χ4v) is 2.54. The number of imidazole rings is 1. The molecule has 1 heterocycles. The van der Waals surface area contributed by atoms with Crippen molar-refractivity contribution in [3.63, 3.8) is 0 Å². The summed E-state index contributed by atoms with van der Waals surface area (Å²) in [4.78, 5) is 7.63. The molecule has 0 aliphatic rings. The molecule has 2 aromatic carbocycles. The SMILES string of the molecule is Cc1nc2ccc(NC(C)Cc3ccc(F)cc3)cc2[nH]1. The highest BCUT2D eigenvalue weighted by Gasteiger charge is 2.06. The maximum Gasteiger partial charge on any atom is 0.123 e. The van der Waals surface area contributed by atoms with Gasteiger partial charge in [-0.05, 0) is 56.2 Å². The van der Waals surface area contributed by atoms with Gasteiger partial charge in [-0.25, -0.2) is 9.37 Å². The minimum Gasteiger partial charge on any atom is -0.382 e. The van der Waals surface area contributed by atoms with Gasteiger partial charge in [-0.1, -0.05) is 12.1 Å². The minimum atomic E-state index is -0.195. The zero-order valence-corrected chi connectivity index (χ0v) is 12.2. The molecule has 3 aromatic rings. The number of nitrogens with one attached hydrogen (secondary N) is 2. The second kappa shape index (κ2) is 5.56. The minimum absolute atomic E-state index is 0.195. The summed E-state index contributed by atoms with van der Waals surface area (Å²) >= 11 is 0. The van der Waals surface area contributed by atoms with Gasteiger partial charge in [0.2, 0.25) is 0 Å². The van der Waals surface area contributed by atoms with Crippen LogP contribution in [0.1, 0.15) is 18.3 Å². The molecule has 0 fully saturated rings. The van der Waals surface area contributed by atoms with Gasteiger partial charge in [-0.3, -0.25) is 0 Å². The van der Waals surface area contributed by atoms with Gasteiger partial charge in [0.05, 0.1) is 11.0 Å². The molecule has 2 N–H and O–H groups in total. The molecule has 0 spiro atoms. The highest BCUT2D eigenvalue weighted by molar-refractivity contribution is 5.79. The van der Waals surface area contributed by atoms with Crippen LogP contribution in [0.4, 0.5) is 10.1 Å². The van der Waals surface area contributed by atoms with E-state index in [1.54, 1.807) is 0 Å². The Bertz CT molecular complexity index is 746. The number of hydrogen-bond donors (Lipinski definition) is 2. The number of rotatable bonds is 4. The third kappa shape index (κ3) is 3.21. The maximum atomic E-state index is 12.9. The quantitative estimate of drug-likeness (QED) is 0.758. The first-order valence-electron chi connectivity index (χ1n) is 7.07. The molecule has 108 valence electrons. The molecule has 1 atom stereocenters. The monoisotopic (exact) mass is 283 g/mol. The summed E-state index contributed by atoms with van der Waals surface area (Å²) in [6, 6.07) is 13.0. The number of fused-ring (bicyclic) bond motifs is 1. The van der Waals surface area contributed by atoms with Crippen molar-refractivity contribution in [1.82, 2.24) is 9.97 Å². The summed E-state index contributed by atoms with van der Waals surface area (Å²) in [6.07, 6.45) is 0.848. The molecular weight excluding hydrogens is 265 g/mol. The Labute approximate surface area is 123 Å². The summed E-state index contributed by atoms with van der Waals surface area (Å²) in [5.74, 6) is 0.723. The molecule has 0 saturated heterocycles. The molecule has 4 heteroatoms. The van der Waals surface area contributed by atoms with Crippen molar-refractivity contribution < 1.29 is 4.39 Å². The number of benzene rings is 2. The molecule has 1 aromatic heterocycles. The van der Waals surface area contributed by atoms with E-state index in [-0.39, 0.29) is 11.9 Å². The molecule has 21 heavy (non-hydrogen) atoms. The average Bonchev–Trinajstić information content (AvgIpc) is 2.80. The molecular formula is C17H18FN3. The van der Waals surface area contributed by atoms with E-state index in [2.05, 4.69) is 28.3 Å². The number of hydrogen-bond acceptors (Lipinski definition) is 2. The van der Waals surface area contributed by atoms with Crippen LogP contribution in [0, 0.1) is 12.7 Å². The van der Waals surface area contributed by atoms with Crippen molar-refractivity contribution in [2.24, 2.45) is 0 Å². The van der Waals surface area contributed by atoms with E-state index >= 15 is 0 Å². The molecule has 3 rings (SSSR count). The Kier molecular flexibility index (Phi) is 3.60. The second-order valence-electron chi connectivity index (χ2n) is 5.43. The number of aromatic amines is 1. The third-order valence-electron chi connectivity index (χ3n) is 3.47. The number of aryl methyl sites for hydroxylation is 1. The van der Waals surface area contributed by atoms with Crippen LogP contribution in [0.15, 0.2) is 42.5 Å². The Morgan fingerprint density at radius 1 is 1.19 bits per heavy atom. The van der Waals surface area contributed by atoms with Crippen molar-refractivity contribution in [3.05, 3.63) is 59.7 Å². The van der Waals surface area contributed by atoms with Gasteiger partial charge in [0.15, 0.2) is 0 Å². The number of halogens is 1. The second-order valence-corrected chi connectivity index (χ2v) is 5.43. The van der Waals surface area contributed by atoms with Gasteiger partial charge >= 0.3 is 0 Å². The average molecular weight is 283 g/mol. The third-order valence-corrected chi connectivity index (χ3v) is 3.47. The predicted octanol–water partition coefficient (Wildman–Crippen LogP) is 4.05. The molecule has 0 aliphatic carbocycles. The molecule has 0 aliphatic heterocycles. The lowest BCUT2D eigenvalue weighted by molar-refractivity contribution is 0.626. The van der Waals surface area contributed by atoms with E-state index in [9.17, 15) is 4.39 Å². The summed E-state index contributed by atoms with van der Waals surface area (Å²) in [5, 5.41) is 3.46. The lowest BCUT2D eigenvalue weighted by Crippen LogP contribution is -2.17. The first-order valence-corrected chi connectivity index (χ1v) is 7.07. The van der Waals surface area contributed by atoms with E-state index in [1.807, 2.05) is 31.2 Å². The first-order chi connectivity index (χ1) is 10.1. The molecule has 0 radical (unpaired) electrons. The zero-order chi connectivity index (χ0) is 14.8. The van der Waals surface area contributed by atoms with Gasteiger partial charge in [-0.15, -0.1) is 0 Å². The fraction of sp³-hybridized carbons (Fsp3) is 0.235. The highest BCUT2D eigenvalue weighted by Crippen LogP contribution is 2.18. The summed E-state index contributed by atoms with van der Waals surface area (Å²) < 4.78 is 12.9. The molecule has 0 bridgehead atoms. The largest absolute Gasteiger partial charge is 0.382 e. The lowest BCUT2D eigenvalue weighted by Gasteiger charge is -2.15. The Morgan fingerprint density at radius 2 is 1.95 bits per heavy atom. The number of aromatic nitrogens is 2. The Hall–Kier alpha value is -2.36. The summed E-state index contributed by atoms with van der Waals surface area (Å²) in [6.45, 7) is 4.07. The van der Waals surface area contributed by atoms with Crippen LogP contribution in [0.3, 0.4) is 0 Å².